The normalized spacial score (nSPS) is 43.3. The van der Waals surface area contributed by atoms with E-state index in [0.29, 0.717) is 17.7 Å². The highest BCUT2D eigenvalue weighted by Crippen LogP contribution is 2.69. The topological polar surface area (TPSA) is 49.3 Å². The summed E-state index contributed by atoms with van der Waals surface area (Å²) in [7, 11) is 0. The number of aliphatic hydroxyl groups is 1. The Bertz CT molecular complexity index is 301. The SMILES string of the molecule is CC(CCO)CNC(=O)C1C2C3CCC(C3)C12. The van der Waals surface area contributed by atoms with E-state index in [0.717, 1.165) is 36.6 Å². The van der Waals surface area contributed by atoms with Crippen molar-refractivity contribution in [3.63, 3.8) is 0 Å². The minimum absolute atomic E-state index is 0.218. The zero-order chi connectivity index (χ0) is 12.0. The molecule has 0 heterocycles. The van der Waals surface area contributed by atoms with Crippen molar-refractivity contribution in [1.82, 2.24) is 5.32 Å². The smallest absolute Gasteiger partial charge is 0.223 e. The van der Waals surface area contributed by atoms with Gasteiger partial charge in [-0.25, -0.2) is 0 Å². The maximum absolute atomic E-state index is 12.1. The van der Waals surface area contributed by atoms with Crippen molar-refractivity contribution in [2.24, 2.45) is 35.5 Å². The first kappa shape index (κ1) is 11.5. The number of nitrogens with one attached hydrogen (secondary N) is 1. The van der Waals surface area contributed by atoms with Gasteiger partial charge in [-0.1, -0.05) is 6.92 Å². The summed E-state index contributed by atoms with van der Waals surface area (Å²) in [6.07, 6.45) is 4.93. The molecule has 0 spiro atoms. The van der Waals surface area contributed by atoms with Gasteiger partial charge in [0.15, 0.2) is 0 Å². The van der Waals surface area contributed by atoms with E-state index in [4.69, 9.17) is 5.11 Å². The van der Waals surface area contributed by atoms with Crippen LogP contribution in [0.2, 0.25) is 0 Å². The third-order valence-corrected chi connectivity index (χ3v) is 5.28. The van der Waals surface area contributed by atoms with Crippen LogP contribution in [-0.2, 0) is 4.79 Å². The van der Waals surface area contributed by atoms with E-state index in [1.54, 1.807) is 0 Å². The monoisotopic (exact) mass is 237 g/mol. The van der Waals surface area contributed by atoms with Gasteiger partial charge in [0.05, 0.1) is 0 Å². The first-order chi connectivity index (χ1) is 8.22. The van der Waals surface area contributed by atoms with E-state index in [1.165, 1.54) is 19.3 Å². The number of aliphatic hydroxyl groups excluding tert-OH is 1. The second-order valence-corrected chi connectivity index (χ2v) is 6.38. The van der Waals surface area contributed by atoms with Crippen molar-refractivity contribution in [3.05, 3.63) is 0 Å². The molecule has 2 bridgehead atoms. The van der Waals surface area contributed by atoms with Gasteiger partial charge in [0.2, 0.25) is 5.91 Å². The van der Waals surface area contributed by atoms with Crippen LogP contribution < -0.4 is 5.32 Å². The van der Waals surface area contributed by atoms with Gasteiger partial charge in [-0.3, -0.25) is 4.79 Å². The second-order valence-electron chi connectivity index (χ2n) is 6.38. The predicted octanol–water partition coefficient (Wildman–Crippen LogP) is 1.41. The molecule has 3 nitrogen and oxygen atoms in total. The average Bonchev–Trinajstić information content (AvgIpc) is 2.75. The molecule has 3 aliphatic rings. The molecular weight excluding hydrogens is 214 g/mol. The molecular formula is C14H23NO2. The summed E-state index contributed by atoms with van der Waals surface area (Å²) in [6.45, 7) is 3.02. The van der Waals surface area contributed by atoms with Gasteiger partial charge in [-0.15, -0.1) is 0 Å². The Kier molecular flexibility index (Phi) is 2.89. The first-order valence-electron chi connectivity index (χ1n) is 7.11. The maximum atomic E-state index is 12.1. The lowest BCUT2D eigenvalue weighted by Gasteiger charge is -2.13. The van der Waals surface area contributed by atoms with Gasteiger partial charge in [0, 0.05) is 19.1 Å². The summed E-state index contributed by atoms with van der Waals surface area (Å²) < 4.78 is 0. The molecule has 0 aromatic heterocycles. The molecule has 0 aliphatic heterocycles. The summed E-state index contributed by atoms with van der Waals surface area (Å²) >= 11 is 0. The number of carbonyl (C=O) groups excluding carboxylic acids is 1. The van der Waals surface area contributed by atoms with Crippen LogP contribution in [0.3, 0.4) is 0 Å². The number of fused-ring (bicyclic) bond motifs is 5. The second kappa shape index (κ2) is 4.27. The Hall–Kier alpha value is -0.570. The quantitative estimate of drug-likeness (QED) is 0.759. The molecule has 3 saturated carbocycles. The third kappa shape index (κ3) is 1.88. The molecule has 1 amide bonds. The Morgan fingerprint density at radius 3 is 2.59 bits per heavy atom. The maximum Gasteiger partial charge on any atom is 0.223 e. The van der Waals surface area contributed by atoms with Gasteiger partial charge in [-0.2, -0.15) is 0 Å². The van der Waals surface area contributed by atoms with Gasteiger partial charge < -0.3 is 10.4 Å². The number of carbonyl (C=O) groups is 1. The summed E-state index contributed by atoms with van der Waals surface area (Å²) in [5.74, 6) is 4.25. The van der Waals surface area contributed by atoms with Crippen LogP contribution >= 0.6 is 0 Å². The Labute approximate surface area is 103 Å². The van der Waals surface area contributed by atoms with Crippen molar-refractivity contribution >= 4 is 5.91 Å². The van der Waals surface area contributed by atoms with Gasteiger partial charge in [-0.05, 0) is 55.3 Å². The van der Waals surface area contributed by atoms with Gasteiger partial charge in [0.25, 0.3) is 0 Å². The fourth-order valence-corrected chi connectivity index (χ4v) is 4.39. The van der Waals surface area contributed by atoms with Crippen LogP contribution in [0.25, 0.3) is 0 Å². The predicted molar refractivity (Wildman–Crippen MR) is 65.2 cm³/mol. The zero-order valence-electron chi connectivity index (χ0n) is 10.6. The van der Waals surface area contributed by atoms with E-state index in [9.17, 15) is 4.79 Å². The lowest BCUT2D eigenvalue weighted by Crippen LogP contribution is -2.31. The van der Waals surface area contributed by atoms with Crippen LogP contribution in [0, 0.1) is 35.5 Å². The summed E-state index contributed by atoms with van der Waals surface area (Å²) in [4.78, 5) is 12.1. The molecule has 5 unspecified atom stereocenters. The van der Waals surface area contributed by atoms with E-state index in [1.807, 2.05) is 0 Å². The summed E-state index contributed by atoms with van der Waals surface area (Å²) in [5, 5.41) is 11.9. The molecule has 17 heavy (non-hydrogen) atoms. The molecule has 0 aromatic rings. The lowest BCUT2D eigenvalue weighted by atomic mass is 10.0. The van der Waals surface area contributed by atoms with E-state index >= 15 is 0 Å². The highest BCUT2D eigenvalue weighted by Gasteiger charge is 2.67. The van der Waals surface area contributed by atoms with Crippen LogP contribution in [0.1, 0.15) is 32.6 Å². The molecule has 3 rings (SSSR count). The molecule has 0 aromatic carbocycles. The fourth-order valence-electron chi connectivity index (χ4n) is 4.39. The highest BCUT2D eigenvalue weighted by atomic mass is 16.3. The molecule has 96 valence electrons. The van der Waals surface area contributed by atoms with E-state index in [-0.39, 0.29) is 6.61 Å². The Morgan fingerprint density at radius 1 is 1.35 bits per heavy atom. The van der Waals surface area contributed by atoms with Crippen molar-refractivity contribution in [1.29, 1.82) is 0 Å². The van der Waals surface area contributed by atoms with Crippen molar-refractivity contribution in [2.75, 3.05) is 13.2 Å². The number of hydrogen-bond acceptors (Lipinski definition) is 2. The minimum Gasteiger partial charge on any atom is -0.396 e. The standard InChI is InChI=1S/C14H23NO2/c1-8(4-5-16)7-15-14(17)13-11-9-2-3-10(6-9)12(11)13/h8-13,16H,2-7H2,1H3,(H,15,17). The Morgan fingerprint density at radius 2 is 2.00 bits per heavy atom. The molecule has 5 atom stereocenters. The van der Waals surface area contributed by atoms with E-state index in [2.05, 4.69) is 12.2 Å². The lowest BCUT2D eigenvalue weighted by molar-refractivity contribution is -0.123. The van der Waals surface area contributed by atoms with Crippen LogP contribution in [-0.4, -0.2) is 24.2 Å². The average molecular weight is 237 g/mol. The molecule has 0 saturated heterocycles. The van der Waals surface area contributed by atoms with Crippen molar-refractivity contribution in [2.45, 2.75) is 32.6 Å². The molecule has 0 radical (unpaired) electrons. The largest absolute Gasteiger partial charge is 0.396 e. The van der Waals surface area contributed by atoms with Crippen LogP contribution in [0.15, 0.2) is 0 Å². The molecule has 3 fully saturated rings. The zero-order valence-corrected chi connectivity index (χ0v) is 10.6. The van der Waals surface area contributed by atoms with E-state index < -0.39 is 0 Å². The Balaban J connectivity index is 1.46. The molecule has 3 aliphatic carbocycles. The fraction of sp³-hybridized carbons (Fsp3) is 0.929. The number of rotatable bonds is 5. The van der Waals surface area contributed by atoms with Crippen molar-refractivity contribution in [3.8, 4) is 0 Å². The number of amides is 1. The van der Waals surface area contributed by atoms with Gasteiger partial charge in [0.1, 0.15) is 0 Å². The molecule has 2 N–H and O–H groups in total. The summed E-state index contributed by atoms with van der Waals surface area (Å²) in [6, 6.07) is 0. The third-order valence-electron chi connectivity index (χ3n) is 5.28. The van der Waals surface area contributed by atoms with Crippen molar-refractivity contribution < 1.29 is 9.90 Å². The van der Waals surface area contributed by atoms with Crippen LogP contribution in [0.4, 0.5) is 0 Å². The first-order valence-corrected chi connectivity index (χ1v) is 7.11. The van der Waals surface area contributed by atoms with Gasteiger partial charge >= 0.3 is 0 Å². The molecule has 3 heteroatoms. The minimum atomic E-state index is 0.218. The number of hydrogen-bond donors (Lipinski definition) is 2. The highest BCUT2D eigenvalue weighted by molar-refractivity contribution is 5.82. The summed E-state index contributed by atoms with van der Waals surface area (Å²) in [5.41, 5.74) is 0. The van der Waals surface area contributed by atoms with Crippen LogP contribution in [0.5, 0.6) is 0 Å².